The number of hydrogen-bond donors (Lipinski definition) is 0. The van der Waals surface area contributed by atoms with Crippen molar-refractivity contribution in [2.24, 2.45) is 4.99 Å². The Hall–Kier alpha value is -2.42. The Labute approximate surface area is 138 Å². The number of aromatic nitrogens is 2. The van der Waals surface area contributed by atoms with Gasteiger partial charge in [0.15, 0.2) is 0 Å². The first-order valence-electron chi connectivity index (χ1n) is 7.94. The van der Waals surface area contributed by atoms with Crippen LogP contribution in [0.3, 0.4) is 0 Å². The number of pyridine rings is 1. The van der Waals surface area contributed by atoms with Gasteiger partial charge in [-0.1, -0.05) is 31.7 Å². The van der Waals surface area contributed by atoms with Crippen LogP contribution < -0.4 is 0 Å². The lowest BCUT2D eigenvalue weighted by Crippen LogP contribution is -2.12. The molecule has 0 N–H and O–H groups in total. The quantitative estimate of drug-likeness (QED) is 0.664. The van der Waals surface area contributed by atoms with Crippen molar-refractivity contribution in [3.63, 3.8) is 0 Å². The van der Waals surface area contributed by atoms with Gasteiger partial charge in [0.05, 0.1) is 23.3 Å². The number of hydrogen-bond acceptors (Lipinski definition) is 2. The Morgan fingerprint density at radius 2 is 2.09 bits per heavy atom. The molecule has 0 atom stereocenters. The molecular weight excluding hydrogens is 282 g/mol. The minimum absolute atomic E-state index is 0.699. The number of aryl methyl sites for hydroxylation is 1. The molecule has 0 aromatic carbocycles. The molecule has 0 aliphatic heterocycles. The Kier molecular flexibility index (Phi) is 5.32. The number of allylic oxidation sites excluding steroid dienone is 2. The van der Waals surface area contributed by atoms with Crippen LogP contribution in [0.15, 0.2) is 54.0 Å². The maximum Gasteiger partial charge on any atom is 0.0953 e. The first-order chi connectivity index (χ1) is 11.0. The monoisotopic (exact) mass is 307 g/mol. The molecule has 0 aliphatic carbocycles. The van der Waals surface area contributed by atoms with Crippen LogP contribution in [0.5, 0.6) is 0 Å². The van der Waals surface area contributed by atoms with Crippen LogP contribution in [-0.4, -0.2) is 15.3 Å². The molecule has 0 unspecified atom stereocenters. The van der Waals surface area contributed by atoms with Crippen LogP contribution >= 0.6 is 0 Å². The standard InChI is InChI=1S/C20H25N3/c1-7-15(5)16(6)18(21-9-3)13-23-12-17(8-2)20-19(23)10-14(4)11-22-20/h8-12H,2-3,7,13H2,1,4-6H3/b16-15+,21-18?. The Bertz CT molecular complexity index is 804. The highest BCUT2D eigenvalue weighted by molar-refractivity contribution is 6.01. The zero-order chi connectivity index (χ0) is 17.0. The van der Waals surface area contributed by atoms with Crippen molar-refractivity contribution in [3.8, 4) is 0 Å². The highest BCUT2D eigenvalue weighted by atomic mass is 15.0. The Morgan fingerprint density at radius 3 is 2.70 bits per heavy atom. The Morgan fingerprint density at radius 1 is 1.35 bits per heavy atom. The minimum atomic E-state index is 0.699. The van der Waals surface area contributed by atoms with Crippen molar-refractivity contribution in [2.75, 3.05) is 0 Å². The highest BCUT2D eigenvalue weighted by Crippen LogP contribution is 2.22. The van der Waals surface area contributed by atoms with Gasteiger partial charge in [-0.15, -0.1) is 0 Å². The molecule has 2 aromatic rings. The molecule has 0 fully saturated rings. The van der Waals surface area contributed by atoms with Crippen molar-refractivity contribution in [1.29, 1.82) is 0 Å². The molecule has 2 aromatic heterocycles. The van der Waals surface area contributed by atoms with Gasteiger partial charge < -0.3 is 4.57 Å². The second-order valence-electron chi connectivity index (χ2n) is 5.81. The molecular formula is C20H25N3. The van der Waals surface area contributed by atoms with E-state index in [4.69, 9.17) is 0 Å². The molecule has 0 spiro atoms. The molecule has 0 radical (unpaired) electrons. The fourth-order valence-electron chi connectivity index (χ4n) is 2.61. The second-order valence-corrected chi connectivity index (χ2v) is 5.81. The van der Waals surface area contributed by atoms with Gasteiger partial charge in [-0.25, -0.2) is 0 Å². The van der Waals surface area contributed by atoms with E-state index in [2.05, 4.69) is 67.7 Å². The van der Waals surface area contributed by atoms with E-state index >= 15 is 0 Å². The van der Waals surface area contributed by atoms with Gasteiger partial charge >= 0.3 is 0 Å². The van der Waals surface area contributed by atoms with E-state index in [1.54, 1.807) is 6.20 Å². The van der Waals surface area contributed by atoms with E-state index in [1.807, 2.05) is 12.3 Å². The fraction of sp³-hybridized carbons (Fsp3) is 0.300. The second kappa shape index (κ2) is 7.23. The Balaban J connectivity index is 2.55. The normalized spacial score (nSPS) is 13.1. The van der Waals surface area contributed by atoms with Gasteiger partial charge in [0.25, 0.3) is 0 Å². The van der Waals surface area contributed by atoms with Gasteiger partial charge in [-0.2, -0.15) is 0 Å². The van der Waals surface area contributed by atoms with Crippen molar-refractivity contribution in [1.82, 2.24) is 9.55 Å². The van der Waals surface area contributed by atoms with E-state index in [0.29, 0.717) is 6.54 Å². The summed E-state index contributed by atoms with van der Waals surface area (Å²) in [6.07, 6.45) is 8.48. The lowest BCUT2D eigenvalue weighted by atomic mass is 10.0. The topological polar surface area (TPSA) is 30.2 Å². The maximum absolute atomic E-state index is 4.56. The largest absolute Gasteiger partial charge is 0.340 e. The van der Waals surface area contributed by atoms with Gasteiger partial charge in [0, 0.05) is 24.2 Å². The lowest BCUT2D eigenvalue weighted by molar-refractivity contribution is 0.889. The molecule has 2 heterocycles. The van der Waals surface area contributed by atoms with Crippen LogP contribution in [-0.2, 0) is 6.54 Å². The van der Waals surface area contributed by atoms with Crippen molar-refractivity contribution in [2.45, 2.75) is 40.7 Å². The molecule has 0 amide bonds. The predicted molar refractivity (Wildman–Crippen MR) is 101 cm³/mol. The highest BCUT2D eigenvalue weighted by Gasteiger charge is 2.12. The van der Waals surface area contributed by atoms with Crippen LogP contribution in [0.4, 0.5) is 0 Å². The third-order valence-electron chi connectivity index (χ3n) is 4.27. The molecule has 0 saturated heterocycles. The summed E-state index contributed by atoms with van der Waals surface area (Å²) in [5.74, 6) is 0. The summed E-state index contributed by atoms with van der Waals surface area (Å²) in [4.78, 5) is 9.07. The molecule has 120 valence electrons. The van der Waals surface area contributed by atoms with Crippen LogP contribution in [0.25, 0.3) is 17.1 Å². The van der Waals surface area contributed by atoms with Gasteiger partial charge in [0.2, 0.25) is 0 Å². The number of fused-ring (bicyclic) bond motifs is 1. The molecule has 0 aliphatic rings. The molecule has 23 heavy (non-hydrogen) atoms. The van der Waals surface area contributed by atoms with E-state index in [1.165, 1.54) is 11.1 Å². The zero-order valence-electron chi connectivity index (χ0n) is 14.6. The summed E-state index contributed by atoms with van der Waals surface area (Å²) in [7, 11) is 0. The maximum atomic E-state index is 4.56. The molecule has 0 saturated carbocycles. The molecule has 0 bridgehead atoms. The first kappa shape index (κ1) is 16.9. The third kappa shape index (κ3) is 3.50. The summed E-state index contributed by atoms with van der Waals surface area (Å²) < 4.78 is 2.20. The van der Waals surface area contributed by atoms with E-state index in [-0.39, 0.29) is 0 Å². The summed E-state index contributed by atoms with van der Waals surface area (Å²) in [5, 5.41) is 0. The van der Waals surface area contributed by atoms with Crippen LogP contribution in [0, 0.1) is 6.92 Å². The minimum Gasteiger partial charge on any atom is -0.340 e. The van der Waals surface area contributed by atoms with Gasteiger partial charge in [0.1, 0.15) is 0 Å². The molecule has 2 rings (SSSR count). The van der Waals surface area contributed by atoms with Crippen molar-refractivity contribution >= 4 is 22.8 Å². The zero-order valence-corrected chi connectivity index (χ0v) is 14.6. The molecule has 3 nitrogen and oxygen atoms in total. The van der Waals surface area contributed by atoms with Crippen LogP contribution in [0.2, 0.25) is 0 Å². The van der Waals surface area contributed by atoms with Gasteiger partial charge in [-0.05, 0) is 44.4 Å². The summed E-state index contributed by atoms with van der Waals surface area (Å²) in [5.41, 5.74) is 7.90. The van der Waals surface area contributed by atoms with Gasteiger partial charge in [-0.3, -0.25) is 9.98 Å². The lowest BCUT2D eigenvalue weighted by Gasteiger charge is -2.12. The van der Waals surface area contributed by atoms with Crippen molar-refractivity contribution < 1.29 is 0 Å². The van der Waals surface area contributed by atoms with Crippen LogP contribution in [0.1, 0.15) is 38.3 Å². The SMILES string of the molecule is C=CN=C(Cn1cc(C=C)c2ncc(C)cc21)/C(C)=C(\C)CC. The van der Waals surface area contributed by atoms with E-state index in [0.717, 1.165) is 34.3 Å². The smallest absolute Gasteiger partial charge is 0.0953 e. The number of nitrogens with zero attached hydrogens (tertiary/aromatic N) is 3. The summed E-state index contributed by atoms with van der Waals surface area (Å²) >= 11 is 0. The van der Waals surface area contributed by atoms with E-state index in [9.17, 15) is 0 Å². The number of aliphatic imine (C=N–C) groups is 1. The summed E-state index contributed by atoms with van der Waals surface area (Å²) in [6, 6.07) is 2.16. The fourth-order valence-corrected chi connectivity index (χ4v) is 2.61. The first-order valence-corrected chi connectivity index (χ1v) is 7.94. The number of rotatable bonds is 6. The average molecular weight is 307 g/mol. The molecule has 3 heteroatoms. The van der Waals surface area contributed by atoms with Crippen molar-refractivity contribution in [3.05, 3.63) is 60.1 Å². The third-order valence-corrected chi connectivity index (χ3v) is 4.27. The predicted octanol–water partition coefficient (Wildman–Crippen LogP) is 5.32. The summed E-state index contributed by atoms with van der Waals surface area (Å²) in [6.45, 7) is 16.9. The average Bonchev–Trinajstić information content (AvgIpc) is 2.90. The van der Waals surface area contributed by atoms with E-state index < -0.39 is 0 Å².